The summed E-state index contributed by atoms with van der Waals surface area (Å²) in [5.74, 6) is -0.242. The van der Waals surface area contributed by atoms with Gasteiger partial charge in [-0.15, -0.1) is 0 Å². The number of benzene rings is 1. The Morgan fingerprint density at radius 1 is 1.21 bits per heavy atom. The number of rotatable bonds is 6. The van der Waals surface area contributed by atoms with Gasteiger partial charge in [-0.05, 0) is 38.0 Å². The Balaban J connectivity index is 2.47. The number of aryl methyl sites for hydroxylation is 2. The molecule has 0 saturated heterocycles. The molecule has 0 aliphatic carbocycles. The van der Waals surface area contributed by atoms with Crippen LogP contribution in [0.25, 0.3) is 0 Å². The lowest BCUT2D eigenvalue weighted by molar-refractivity contribution is -0.121. The van der Waals surface area contributed by atoms with Gasteiger partial charge in [0.25, 0.3) is 0 Å². The van der Waals surface area contributed by atoms with Gasteiger partial charge in [0.15, 0.2) is 5.78 Å². The van der Waals surface area contributed by atoms with Gasteiger partial charge in [-0.2, -0.15) is 0 Å². The number of carbonyl (C=O) groups excluding carboxylic acids is 2. The minimum atomic E-state index is -0.570. The Hall–Kier alpha value is -1.68. The molecule has 0 bridgehead atoms. The van der Waals surface area contributed by atoms with Crippen LogP contribution in [0.5, 0.6) is 0 Å². The second-order valence-corrected chi connectivity index (χ2v) is 4.88. The summed E-state index contributed by atoms with van der Waals surface area (Å²) in [7, 11) is 0. The van der Waals surface area contributed by atoms with Crippen LogP contribution in [-0.4, -0.2) is 29.4 Å². The highest BCUT2D eigenvalue weighted by Crippen LogP contribution is 2.12. The topological polar surface area (TPSA) is 66.4 Å². The molecular weight excluding hydrogens is 242 g/mol. The highest BCUT2D eigenvalue weighted by Gasteiger charge is 2.10. The minimum Gasteiger partial charge on any atom is -0.392 e. The van der Waals surface area contributed by atoms with Crippen LogP contribution >= 0.6 is 0 Å². The molecule has 1 aromatic carbocycles. The molecule has 0 aliphatic heterocycles. The van der Waals surface area contributed by atoms with Crippen molar-refractivity contribution in [3.05, 3.63) is 34.9 Å². The van der Waals surface area contributed by atoms with E-state index in [0.717, 1.165) is 11.1 Å². The summed E-state index contributed by atoms with van der Waals surface area (Å²) in [5, 5.41) is 11.6. The summed E-state index contributed by atoms with van der Waals surface area (Å²) in [5.41, 5.74) is 2.86. The third kappa shape index (κ3) is 5.22. The largest absolute Gasteiger partial charge is 0.392 e. The van der Waals surface area contributed by atoms with Crippen molar-refractivity contribution in [3.8, 4) is 0 Å². The average Bonchev–Trinajstić information content (AvgIpc) is 2.36. The minimum absolute atomic E-state index is 0.0321. The molecule has 2 N–H and O–H groups in total. The van der Waals surface area contributed by atoms with Gasteiger partial charge in [0.1, 0.15) is 0 Å². The Bertz CT molecular complexity index is 466. The lowest BCUT2D eigenvalue weighted by Crippen LogP contribution is -2.30. The molecule has 0 saturated carbocycles. The molecule has 1 aromatic rings. The van der Waals surface area contributed by atoms with Gasteiger partial charge in [-0.25, -0.2) is 0 Å². The lowest BCUT2D eigenvalue weighted by Gasteiger charge is -2.07. The van der Waals surface area contributed by atoms with E-state index in [-0.39, 0.29) is 31.1 Å². The number of ketones is 1. The normalized spacial score (nSPS) is 12.0. The fraction of sp³-hybridized carbons (Fsp3) is 0.467. The van der Waals surface area contributed by atoms with Crippen LogP contribution in [-0.2, 0) is 4.79 Å². The smallest absolute Gasteiger partial charge is 0.220 e. The van der Waals surface area contributed by atoms with E-state index in [9.17, 15) is 9.59 Å². The van der Waals surface area contributed by atoms with Crippen LogP contribution in [0.1, 0.15) is 41.3 Å². The van der Waals surface area contributed by atoms with Crippen LogP contribution in [0.3, 0.4) is 0 Å². The van der Waals surface area contributed by atoms with E-state index in [1.807, 2.05) is 26.0 Å². The van der Waals surface area contributed by atoms with Gasteiger partial charge in [0.2, 0.25) is 5.91 Å². The lowest BCUT2D eigenvalue weighted by atomic mass is 10.0. The number of aliphatic hydroxyl groups is 1. The monoisotopic (exact) mass is 263 g/mol. The molecule has 19 heavy (non-hydrogen) atoms. The molecule has 1 unspecified atom stereocenters. The maximum Gasteiger partial charge on any atom is 0.220 e. The Morgan fingerprint density at radius 3 is 2.47 bits per heavy atom. The molecule has 104 valence electrons. The maximum absolute atomic E-state index is 11.9. The first-order valence-corrected chi connectivity index (χ1v) is 6.45. The molecule has 1 atom stereocenters. The molecule has 0 fully saturated rings. The molecule has 0 aliphatic rings. The zero-order valence-electron chi connectivity index (χ0n) is 11.7. The van der Waals surface area contributed by atoms with E-state index in [1.54, 1.807) is 13.0 Å². The molecule has 4 nitrogen and oxygen atoms in total. The fourth-order valence-electron chi connectivity index (χ4n) is 1.64. The second-order valence-electron chi connectivity index (χ2n) is 4.88. The van der Waals surface area contributed by atoms with Gasteiger partial charge in [0.05, 0.1) is 6.10 Å². The maximum atomic E-state index is 11.9. The quantitative estimate of drug-likeness (QED) is 0.769. The van der Waals surface area contributed by atoms with Crippen molar-refractivity contribution in [2.45, 2.75) is 39.7 Å². The van der Waals surface area contributed by atoms with E-state index < -0.39 is 6.10 Å². The number of amides is 1. The Morgan fingerprint density at radius 2 is 1.89 bits per heavy atom. The van der Waals surface area contributed by atoms with Crippen LogP contribution in [0.15, 0.2) is 18.2 Å². The number of carbonyl (C=O) groups is 2. The molecule has 0 spiro atoms. The summed E-state index contributed by atoms with van der Waals surface area (Å²) in [6.45, 7) is 5.77. The molecular formula is C15H21NO3. The average molecular weight is 263 g/mol. The van der Waals surface area contributed by atoms with Crippen LogP contribution < -0.4 is 5.32 Å². The molecule has 0 heterocycles. The van der Waals surface area contributed by atoms with Crippen LogP contribution in [0.4, 0.5) is 0 Å². The van der Waals surface area contributed by atoms with Gasteiger partial charge in [-0.1, -0.05) is 12.1 Å². The summed E-state index contributed by atoms with van der Waals surface area (Å²) < 4.78 is 0. The molecule has 4 heteroatoms. The third-order valence-electron chi connectivity index (χ3n) is 3.00. The molecule has 0 aromatic heterocycles. The summed E-state index contributed by atoms with van der Waals surface area (Å²) >= 11 is 0. The van der Waals surface area contributed by atoms with Crippen molar-refractivity contribution >= 4 is 11.7 Å². The van der Waals surface area contributed by atoms with Crippen LogP contribution in [0.2, 0.25) is 0 Å². The number of hydrogen-bond donors (Lipinski definition) is 2. The van der Waals surface area contributed by atoms with Crippen molar-refractivity contribution in [1.29, 1.82) is 0 Å². The highest BCUT2D eigenvalue weighted by molar-refractivity contribution is 5.98. The number of nitrogens with one attached hydrogen (secondary N) is 1. The standard InChI is InChI=1S/C15H21NO3/c1-10-4-5-13(8-11(10)2)14(18)6-7-15(19)16-9-12(3)17/h4-5,8,12,17H,6-7,9H2,1-3H3,(H,16,19). The van der Waals surface area contributed by atoms with E-state index in [0.29, 0.717) is 5.56 Å². The van der Waals surface area contributed by atoms with Crippen molar-refractivity contribution in [3.63, 3.8) is 0 Å². The van der Waals surface area contributed by atoms with E-state index in [1.165, 1.54) is 0 Å². The first-order chi connectivity index (χ1) is 8.90. The molecule has 1 rings (SSSR count). The first-order valence-electron chi connectivity index (χ1n) is 6.45. The van der Waals surface area contributed by atoms with E-state index in [4.69, 9.17) is 5.11 Å². The number of aliphatic hydroxyl groups excluding tert-OH is 1. The second kappa shape index (κ2) is 7.04. The zero-order chi connectivity index (χ0) is 14.4. The van der Waals surface area contributed by atoms with Crippen molar-refractivity contribution < 1.29 is 14.7 Å². The van der Waals surface area contributed by atoms with E-state index >= 15 is 0 Å². The predicted octanol–water partition coefficient (Wildman–Crippen LogP) is 1.76. The van der Waals surface area contributed by atoms with Gasteiger partial charge >= 0.3 is 0 Å². The summed E-state index contributed by atoms with van der Waals surface area (Å²) in [6.07, 6.45) is -0.230. The van der Waals surface area contributed by atoms with Gasteiger partial charge in [0, 0.05) is 24.9 Å². The van der Waals surface area contributed by atoms with Crippen LogP contribution in [0, 0.1) is 13.8 Å². The van der Waals surface area contributed by atoms with E-state index in [2.05, 4.69) is 5.32 Å². The Labute approximate surface area is 113 Å². The van der Waals surface area contributed by atoms with Crippen molar-refractivity contribution in [2.24, 2.45) is 0 Å². The summed E-state index contributed by atoms with van der Waals surface area (Å²) in [6, 6.07) is 5.56. The first kappa shape index (κ1) is 15.4. The SMILES string of the molecule is Cc1ccc(C(=O)CCC(=O)NCC(C)O)cc1C. The number of hydrogen-bond acceptors (Lipinski definition) is 3. The predicted molar refractivity (Wildman–Crippen MR) is 74.2 cm³/mol. The Kier molecular flexibility index (Phi) is 5.70. The number of Topliss-reactive ketones (excluding diaryl/α,β-unsaturated/α-hetero) is 1. The summed E-state index contributed by atoms with van der Waals surface area (Å²) in [4.78, 5) is 23.4. The third-order valence-corrected chi connectivity index (χ3v) is 3.00. The zero-order valence-corrected chi connectivity index (χ0v) is 11.7. The van der Waals surface area contributed by atoms with Gasteiger partial charge < -0.3 is 10.4 Å². The van der Waals surface area contributed by atoms with Gasteiger partial charge in [-0.3, -0.25) is 9.59 Å². The van der Waals surface area contributed by atoms with Crippen molar-refractivity contribution in [1.82, 2.24) is 5.32 Å². The fourth-order valence-corrected chi connectivity index (χ4v) is 1.64. The highest BCUT2D eigenvalue weighted by atomic mass is 16.3. The molecule has 1 amide bonds. The molecule has 0 radical (unpaired) electrons. The van der Waals surface area contributed by atoms with Crippen molar-refractivity contribution in [2.75, 3.05) is 6.54 Å².